The number of hydrogen-bond acceptors (Lipinski definition) is 8. The highest BCUT2D eigenvalue weighted by molar-refractivity contribution is 7.09. The topological polar surface area (TPSA) is 141 Å². The number of rotatable bonds is 21. The van der Waals surface area contributed by atoms with Gasteiger partial charge < -0.3 is 30.1 Å². The van der Waals surface area contributed by atoms with E-state index in [1.807, 2.05) is 82.5 Å². The van der Waals surface area contributed by atoms with Crippen LogP contribution in [0.1, 0.15) is 76.4 Å². The lowest BCUT2D eigenvalue weighted by molar-refractivity contribution is -0.150. The summed E-state index contributed by atoms with van der Waals surface area (Å²) in [6.45, 7) is 9.79. The van der Waals surface area contributed by atoms with Crippen molar-refractivity contribution in [2.24, 2.45) is 11.8 Å². The van der Waals surface area contributed by atoms with Crippen molar-refractivity contribution in [1.29, 1.82) is 0 Å². The van der Waals surface area contributed by atoms with Gasteiger partial charge >= 0.3 is 0 Å². The molecule has 2 N–H and O–H groups in total. The molecule has 300 valence electrons. The van der Waals surface area contributed by atoms with E-state index in [9.17, 15) is 24.0 Å². The molecule has 5 amide bonds. The Hall–Kier alpha value is -4.78. The number of carbonyl (C=O) groups excluding carboxylic acids is 5. The Morgan fingerprint density at radius 3 is 2.00 bits per heavy atom. The summed E-state index contributed by atoms with van der Waals surface area (Å²) in [4.78, 5) is 78.9. The minimum Gasteiger partial charge on any atom is -0.497 e. The summed E-state index contributed by atoms with van der Waals surface area (Å²) in [5, 5.41) is 8.50. The predicted molar refractivity (Wildman–Crippen MR) is 216 cm³/mol. The number of ether oxygens (including phenoxy) is 1. The highest BCUT2D eigenvalue weighted by Crippen LogP contribution is 2.22. The van der Waals surface area contributed by atoms with Gasteiger partial charge in [0.1, 0.15) is 34.9 Å². The van der Waals surface area contributed by atoms with E-state index < -0.39 is 41.9 Å². The fourth-order valence-electron chi connectivity index (χ4n) is 6.45. The number of thiazole rings is 1. The first-order valence-electron chi connectivity index (χ1n) is 19.2. The Balaban J connectivity index is 1.96. The van der Waals surface area contributed by atoms with Crippen molar-refractivity contribution in [3.05, 3.63) is 82.3 Å². The smallest absolute Gasteiger partial charge is 0.246 e. The van der Waals surface area contributed by atoms with Crippen LogP contribution in [0.4, 0.5) is 0 Å². The molecule has 2 aromatic carbocycles. The van der Waals surface area contributed by atoms with Crippen LogP contribution in [-0.4, -0.2) is 102 Å². The first-order valence-corrected chi connectivity index (χ1v) is 20.0. The summed E-state index contributed by atoms with van der Waals surface area (Å²) in [7, 11) is 6.36. The quantitative estimate of drug-likeness (QED) is 0.153. The number of hydrogen-bond donors (Lipinski definition) is 2. The Kier molecular flexibility index (Phi) is 17.8. The van der Waals surface area contributed by atoms with Crippen molar-refractivity contribution in [3.63, 3.8) is 0 Å². The maximum Gasteiger partial charge on any atom is 0.246 e. The number of nitrogens with zero attached hydrogens (tertiary/aromatic N) is 4. The Morgan fingerprint density at radius 2 is 1.44 bits per heavy atom. The molecule has 0 radical (unpaired) electrons. The lowest BCUT2D eigenvalue weighted by atomic mass is 9.94. The van der Waals surface area contributed by atoms with Crippen LogP contribution in [0, 0.1) is 11.8 Å². The van der Waals surface area contributed by atoms with Crippen LogP contribution in [0.2, 0.25) is 0 Å². The molecule has 0 spiro atoms. The molecule has 0 aliphatic heterocycles. The molecule has 1 heterocycles. The Morgan fingerprint density at radius 1 is 0.800 bits per heavy atom. The molecule has 13 heteroatoms. The molecule has 0 bridgehead atoms. The van der Waals surface area contributed by atoms with Gasteiger partial charge in [0.25, 0.3) is 0 Å². The first kappa shape index (κ1) is 44.6. The summed E-state index contributed by atoms with van der Waals surface area (Å²) >= 11 is 1.43. The van der Waals surface area contributed by atoms with Gasteiger partial charge in [-0.25, -0.2) is 4.98 Å². The number of unbranched alkanes of at least 4 members (excludes halogenated alkanes) is 1. The van der Waals surface area contributed by atoms with Crippen molar-refractivity contribution >= 4 is 40.9 Å². The van der Waals surface area contributed by atoms with Crippen molar-refractivity contribution in [1.82, 2.24) is 30.3 Å². The van der Waals surface area contributed by atoms with E-state index in [0.29, 0.717) is 25.0 Å². The van der Waals surface area contributed by atoms with Crippen molar-refractivity contribution in [2.45, 2.75) is 104 Å². The lowest BCUT2D eigenvalue weighted by Gasteiger charge is -2.38. The van der Waals surface area contributed by atoms with Gasteiger partial charge in [-0.3, -0.25) is 24.0 Å². The molecular weight excluding hydrogens is 717 g/mol. The highest BCUT2D eigenvalue weighted by Gasteiger charge is 2.40. The molecule has 0 fully saturated rings. The van der Waals surface area contributed by atoms with Gasteiger partial charge in [0, 0.05) is 52.0 Å². The third-order valence-corrected chi connectivity index (χ3v) is 11.0. The molecule has 0 saturated carbocycles. The maximum absolute atomic E-state index is 14.7. The molecule has 0 unspecified atom stereocenters. The average molecular weight is 777 g/mol. The molecule has 0 saturated heterocycles. The van der Waals surface area contributed by atoms with E-state index in [4.69, 9.17) is 4.74 Å². The SMILES string of the molecule is CCCCC(=O)N(C)[C@@H](Cc1ccccc1)C(=O)N[C@H](C(=O)N(C)[C@@H](Cc1ccc(OC)cc1)C(=O)N(C)[C@H](C(=O)NCc1nccs1)[C@@H](C)CC)C(C)C. The van der Waals surface area contributed by atoms with Crippen LogP contribution in [0.25, 0.3) is 0 Å². The number of nitrogens with one attached hydrogen (secondary N) is 2. The van der Waals surface area contributed by atoms with Crippen LogP contribution in [-0.2, 0) is 43.4 Å². The Labute approximate surface area is 331 Å². The molecule has 55 heavy (non-hydrogen) atoms. The van der Waals surface area contributed by atoms with Gasteiger partial charge in [-0.2, -0.15) is 0 Å². The summed E-state index contributed by atoms with van der Waals surface area (Å²) in [5.41, 5.74) is 1.66. The number of aromatic nitrogens is 1. The van der Waals surface area contributed by atoms with E-state index in [1.165, 1.54) is 26.0 Å². The van der Waals surface area contributed by atoms with Crippen LogP contribution in [0.15, 0.2) is 66.2 Å². The Bertz CT molecular complexity index is 1670. The predicted octanol–water partition coefficient (Wildman–Crippen LogP) is 5.11. The van der Waals surface area contributed by atoms with Gasteiger partial charge in [-0.1, -0.05) is 89.9 Å². The lowest BCUT2D eigenvalue weighted by Crippen LogP contribution is -2.61. The summed E-state index contributed by atoms with van der Waals surface area (Å²) < 4.78 is 5.34. The van der Waals surface area contributed by atoms with Crippen LogP contribution < -0.4 is 15.4 Å². The van der Waals surface area contributed by atoms with Crippen molar-refractivity contribution in [2.75, 3.05) is 28.3 Å². The van der Waals surface area contributed by atoms with E-state index in [1.54, 1.807) is 46.6 Å². The fraction of sp³-hybridized carbons (Fsp3) is 0.524. The normalized spacial score (nSPS) is 13.9. The molecule has 3 rings (SSSR count). The number of likely N-dealkylation sites (N-methyl/N-ethyl adjacent to an activating group) is 3. The minimum atomic E-state index is -1.03. The van der Waals surface area contributed by atoms with Crippen molar-refractivity contribution in [3.8, 4) is 5.75 Å². The van der Waals surface area contributed by atoms with E-state index in [2.05, 4.69) is 15.6 Å². The van der Waals surface area contributed by atoms with E-state index in [-0.39, 0.29) is 43.0 Å². The van der Waals surface area contributed by atoms with E-state index >= 15 is 0 Å². The van der Waals surface area contributed by atoms with Gasteiger partial charge in [0.05, 0.1) is 13.7 Å². The standard InChI is InChI=1S/C42H60N6O6S/c1-10-12-18-36(49)46(6)33(25-30-16-14-13-15-17-30)39(50)45-37(28(3)4)42(53)47(7)34(26-31-19-21-32(54-9)22-20-31)41(52)48(8)38(29(5)11-2)40(51)44-27-35-43-23-24-55-35/h13-17,19-24,28-29,33-34,37-38H,10-12,18,25-27H2,1-9H3,(H,44,51)(H,45,50)/t29-,33-,34-,37-,38-/m0/s1. The van der Waals surface area contributed by atoms with Crippen LogP contribution in [0.3, 0.4) is 0 Å². The first-order chi connectivity index (χ1) is 26.2. The summed E-state index contributed by atoms with van der Waals surface area (Å²) in [5.74, 6) is -1.72. The second-order valence-corrected chi connectivity index (χ2v) is 15.5. The third-order valence-electron chi connectivity index (χ3n) is 10.2. The summed E-state index contributed by atoms with van der Waals surface area (Å²) in [6, 6.07) is 13.0. The van der Waals surface area contributed by atoms with Gasteiger partial charge in [-0.15, -0.1) is 11.3 Å². The molecule has 3 aromatic rings. The maximum atomic E-state index is 14.7. The second-order valence-electron chi connectivity index (χ2n) is 14.5. The van der Waals surface area contributed by atoms with Crippen molar-refractivity contribution < 1.29 is 28.7 Å². The van der Waals surface area contributed by atoms with Gasteiger partial charge in [0.15, 0.2) is 0 Å². The fourth-order valence-corrected chi connectivity index (χ4v) is 7.01. The molecule has 0 aliphatic carbocycles. The number of benzene rings is 2. The number of amides is 5. The number of carbonyl (C=O) groups is 5. The molecule has 1 aromatic heterocycles. The average Bonchev–Trinajstić information content (AvgIpc) is 3.72. The van der Waals surface area contributed by atoms with Crippen LogP contribution in [0.5, 0.6) is 5.75 Å². The second kappa shape index (κ2) is 21.9. The monoisotopic (exact) mass is 776 g/mol. The van der Waals surface area contributed by atoms with Gasteiger partial charge in [-0.05, 0) is 41.5 Å². The zero-order chi connectivity index (χ0) is 40.7. The minimum absolute atomic E-state index is 0.146. The zero-order valence-electron chi connectivity index (χ0n) is 33.9. The van der Waals surface area contributed by atoms with E-state index in [0.717, 1.165) is 22.6 Å². The summed E-state index contributed by atoms with van der Waals surface area (Å²) in [6.07, 6.45) is 4.56. The molecule has 0 aliphatic rings. The van der Waals surface area contributed by atoms with Crippen LogP contribution >= 0.6 is 11.3 Å². The highest BCUT2D eigenvalue weighted by atomic mass is 32.1. The molecule has 12 nitrogen and oxygen atoms in total. The zero-order valence-corrected chi connectivity index (χ0v) is 34.7. The molecule has 5 atom stereocenters. The third kappa shape index (κ3) is 12.6. The largest absolute Gasteiger partial charge is 0.497 e. The van der Waals surface area contributed by atoms with Gasteiger partial charge in [0.2, 0.25) is 29.5 Å². The molecular formula is C42H60N6O6S. The number of methoxy groups -OCH3 is 1.